The molecule has 2 aromatic rings. The molecule has 0 amide bonds. The van der Waals surface area contributed by atoms with E-state index in [1.54, 1.807) is 13.3 Å². The Labute approximate surface area is 104 Å². The van der Waals surface area contributed by atoms with Crippen molar-refractivity contribution in [1.29, 1.82) is 0 Å². The van der Waals surface area contributed by atoms with Crippen molar-refractivity contribution in [3.63, 3.8) is 0 Å². The van der Waals surface area contributed by atoms with Crippen molar-refractivity contribution in [2.75, 3.05) is 24.8 Å². The molecule has 0 atom stereocenters. The van der Waals surface area contributed by atoms with E-state index in [0.717, 1.165) is 17.2 Å². The minimum Gasteiger partial charge on any atom is -0.389 e. The zero-order chi connectivity index (χ0) is 12.1. The number of methoxy groups -OCH3 is 1. The number of rotatable bonds is 5. The Hall–Kier alpha value is -1.59. The highest BCUT2D eigenvalue weighted by Crippen LogP contribution is 2.26. The summed E-state index contributed by atoms with van der Waals surface area (Å²) in [7, 11) is 1.71. The van der Waals surface area contributed by atoms with Gasteiger partial charge in [0.15, 0.2) is 5.13 Å². The number of thiazole rings is 1. The van der Waals surface area contributed by atoms with Gasteiger partial charge in [-0.2, -0.15) is 0 Å². The van der Waals surface area contributed by atoms with Crippen molar-refractivity contribution in [2.24, 2.45) is 0 Å². The molecule has 0 aliphatic carbocycles. The van der Waals surface area contributed by atoms with Gasteiger partial charge >= 0.3 is 0 Å². The predicted molar refractivity (Wildman–Crippen MR) is 71.8 cm³/mol. The molecular formula is C12H15N3OS. The molecule has 4 nitrogen and oxygen atoms in total. The second-order valence-corrected chi connectivity index (χ2v) is 4.65. The lowest BCUT2D eigenvalue weighted by Gasteiger charge is -2.09. The van der Waals surface area contributed by atoms with Gasteiger partial charge in [0.05, 0.1) is 12.8 Å². The molecule has 0 saturated carbocycles. The van der Waals surface area contributed by atoms with E-state index in [9.17, 15) is 0 Å². The first-order valence-electron chi connectivity index (χ1n) is 5.35. The molecule has 1 heterocycles. The minimum absolute atomic E-state index is 0.707. The van der Waals surface area contributed by atoms with E-state index in [1.807, 2.05) is 18.2 Å². The Morgan fingerprint density at radius 3 is 2.94 bits per heavy atom. The number of aromatic nitrogens is 1. The third-order valence-electron chi connectivity index (χ3n) is 2.36. The second kappa shape index (κ2) is 5.65. The van der Waals surface area contributed by atoms with E-state index in [1.165, 1.54) is 16.9 Å². The van der Waals surface area contributed by atoms with Crippen molar-refractivity contribution >= 4 is 27.2 Å². The maximum Gasteiger partial charge on any atom is 0.189 e. The summed E-state index contributed by atoms with van der Waals surface area (Å²) in [6, 6.07) is 8.13. The zero-order valence-corrected chi connectivity index (χ0v) is 10.5. The number of para-hydroxylation sites is 1. The number of ether oxygens (including phenoxy) is 1. The van der Waals surface area contributed by atoms with Crippen molar-refractivity contribution < 1.29 is 4.74 Å². The highest BCUT2D eigenvalue weighted by Gasteiger charge is 2.04. The van der Waals surface area contributed by atoms with Gasteiger partial charge in [-0.1, -0.05) is 29.5 Å². The summed E-state index contributed by atoms with van der Waals surface area (Å²) in [4.78, 5) is 4.18. The molecule has 3 N–H and O–H groups in total. The van der Waals surface area contributed by atoms with Crippen LogP contribution in [0, 0.1) is 0 Å². The molecule has 0 spiro atoms. The van der Waals surface area contributed by atoms with Gasteiger partial charge in [0, 0.05) is 12.8 Å². The fourth-order valence-electron chi connectivity index (χ4n) is 1.53. The van der Waals surface area contributed by atoms with Crippen LogP contribution in [0.1, 0.15) is 5.56 Å². The lowest BCUT2D eigenvalue weighted by molar-refractivity contribution is 0.202. The monoisotopic (exact) mass is 249 g/mol. The molecule has 0 radical (unpaired) electrons. The Kier molecular flexibility index (Phi) is 3.95. The first-order chi connectivity index (χ1) is 8.29. The predicted octanol–water partition coefficient (Wildman–Crippen LogP) is 2.66. The molecule has 5 heteroatoms. The zero-order valence-electron chi connectivity index (χ0n) is 9.64. The van der Waals surface area contributed by atoms with E-state index in [-0.39, 0.29) is 0 Å². The van der Waals surface area contributed by atoms with E-state index in [4.69, 9.17) is 10.5 Å². The molecular weight excluding hydrogens is 234 g/mol. The van der Waals surface area contributed by atoms with Gasteiger partial charge in [-0.15, -0.1) is 0 Å². The van der Waals surface area contributed by atoms with Gasteiger partial charge < -0.3 is 15.8 Å². The number of nitrogens with one attached hydrogen (secondary N) is 1. The van der Waals surface area contributed by atoms with E-state index in [2.05, 4.69) is 16.4 Å². The lowest BCUT2D eigenvalue weighted by Crippen LogP contribution is -1.99. The van der Waals surface area contributed by atoms with Crippen LogP contribution in [0.4, 0.5) is 15.8 Å². The number of hydrogen-bond acceptors (Lipinski definition) is 5. The van der Waals surface area contributed by atoms with Gasteiger partial charge in [0.2, 0.25) is 0 Å². The molecule has 0 saturated heterocycles. The Bertz CT molecular complexity index is 484. The smallest absolute Gasteiger partial charge is 0.189 e. The normalized spacial score (nSPS) is 10.4. The maximum absolute atomic E-state index is 5.65. The third-order valence-corrected chi connectivity index (χ3v) is 3.10. The molecule has 0 aliphatic heterocycles. The number of hydrogen-bond donors (Lipinski definition) is 2. The fourth-order valence-corrected chi connectivity index (χ4v) is 2.13. The van der Waals surface area contributed by atoms with Crippen LogP contribution in [-0.2, 0) is 11.2 Å². The number of nitrogens with zero attached hydrogens (tertiary/aromatic N) is 1. The SMILES string of the molecule is COCCc1ccccc1Nc1ncc(N)s1. The van der Waals surface area contributed by atoms with Crippen LogP contribution < -0.4 is 11.1 Å². The number of benzene rings is 1. The summed E-state index contributed by atoms with van der Waals surface area (Å²) >= 11 is 1.44. The molecule has 0 unspecified atom stereocenters. The summed E-state index contributed by atoms with van der Waals surface area (Å²) in [6.07, 6.45) is 2.53. The van der Waals surface area contributed by atoms with Gasteiger partial charge in [0.1, 0.15) is 5.00 Å². The molecule has 0 bridgehead atoms. The van der Waals surface area contributed by atoms with Crippen LogP contribution in [0.5, 0.6) is 0 Å². The summed E-state index contributed by atoms with van der Waals surface area (Å²) in [5, 5.41) is 4.80. The van der Waals surface area contributed by atoms with Gasteiger partial charge in [-0.05, 0) is 18.1 Å². The number of nitrogens with two attached hydrogens (primary N) is 1. The van der Waals surface area contributed by atoms with E-state index in [0.29, 0.717) is 11.6 Å². The first-order valence-corrected chi connectivity index (χ1v) is 6.16. The average Bonchev–Trinajstić information content (AvgIpc) is 2.74. The molecule has 0 fully saturated rings. The molecule has 2 rings (SSSR count). The minimum atomic E-state index is 0.707. The summed E-state index contributed by atoms with van der Waals surface area (Å²) in [6.45, 7) is 0.707. The summed E-state index contributed by atoms with van der Waals surface area (Å²) < 4.78 is 5.09. The molecule has 90 valence electrons. The highest BCUT2D eigenvalue weighted by molar-refractivity contribution is 7.19. The largest absolute Gasteiger partial charge is 0.389 e. The third kappa shape index (κ3) is 3.18. The van der Waals surface area contributed by atoms with E-state index < -0.39 is 0 Å². The molecule has 1 aromatic heterocycles. The van der Waals surface area contributed by atoms with Crippen LogP contribution in [0.15, 0.2) is 30.5 Å². The summed E-state index contributed by atoms with van der Waals surface area (Å²) in [5.74, 6) is 0. The quantitative estimate of drug-likeness (QED) is 0.855. The molecule has 17 heavy (non-hydrogen) atoms. The van der Waals surface area contributed by atoms with Crippen molar-refractivity contribution in [3.8, 4) is 0 Å². The Morgan fingerprint density at radius 1 is 1.41 bits per heavy atom. The van der Waals surface area contributed by atoms with Gasteiger partial charge in [-0.25, -0.2) is 4.98 Å². The number of anilines is 3. The fraction of sp³-hybridized carbons (Fsp3) is 0.250. The van der Waals surface area contributed by atoms with Crippen molar-refractivity contribution in [2.45, 2.75) is 6.42 Å². The van der Waals surface area contributed by atoms with Crippen LogP contribution >= 0.6 is 11.3 Å². The summed E-state index contributed by atoms with van der Waals surface area (Å²) in [5.41, 5.74) is 7.91. The van der Waals surface area contributed by atoms with Crippen molar-refractivity contribution in [1.82, 2.24) is 4.98 Å². The molecule has 1 aromatic carbocycles. The van der Waals surface area contributed by atoms with Gasteiger partial charge in [-0.3, -0.25) is 0 Å². The molecule has 0 aliphatic rings. The Balaban J connectivity index is 2.14. The van der Waals surface area contributed by atoms with Crippen LogP contribution in [0.3, 0.4) is 0 Å². The van der Waals surface area contributed by atoms with Gasteiger partial charge in [0.25, 0.3) is 0 Å². The van der Waals surface area contributed by atoms with Crippen LogP contribution in [0.2, 0.25) is 0 Å². The highest BCUT2D eigenvalue weighted by atomic mass is 32.1. The van der Waals surface area contributed by atoms with Crippen LogP contribution in [-0.4, -0.2) is 18.7 Å². The van der Waals surface area contributed by atoms with E-state index >= 15 is 0 Å². The van der Waals surface area contributed by atoms with Crippen LogP contribution in [0.25, 0.3) is 0 Å². The average molecular weight is 249 g/mol. The Morgan fingerprint density at radius 2 is 2.24 bits per heavy atom. The topological polar surface area (TPSA) is 60.2 Å². The first kappa shape index (κ1) is 11.9. The lowest BCUT2D eigenvalue weighted by atomic mass is 10.1. The standard InChI is InChI=1S/C12H15N3OS/c1-16-7-6-9-4-2-3-5-10(9)15-12-14-8-11(13)17-12/h2-5,8H,6-7,13H2,1H3,(H,14,15). The maximum atomic E-state index is 5.65. The second-order valence-electron chi connectivity index (χ2n) is 3.59. The number of nitrogen functional groups attached to an aromatic ring is 1. The van der Waals surface area contributed by atoms with Crippen molar-refractivity contribution in [3.05, 3.63) is 36.0 Å².